The van der Waals surface area contributed by atoms with Crippen molar-refractivity contribution in [2.75, 3.05) is 24.0 Å². The quantitative estimate of drug-likeness (QED) is 0.630. The topological polar surface area (TPSA) is 102 Å². The maximum atomic E-state index is 12.4. The second-order valence-corrected chi connectivity index (χ2v) is 8.53. The van der Waals surface area contributed by atoms with E-state index in [0.29, 0.717) is 28.3 Å². The largest absolute Gasteiger partial charge is 0.497 e. The van der Waals surface area contributed by atoms with Crippen molar-refractivity contribution in [3.63, 3.8) is 0 Å². The number of hydrogen-bond acceptors (Lipinski definition) is 5. The van der Waals surface area contributed by atoms with Gasteiger partial charge >= 0.3 is 0 Å². The Morgan fingerprint density at radius 3 is 1.83 bits per heavy atom. The molecule has 0 radical (unpaired) electrons. The van der Waals surface area contributed by atoms with E-state index in [1.807, 2.05) is 0 Å². The molecule has 30 heavy (non-hydrogen) atoms. The summed E-state index contributed by atoms with van der Waals surface area (Å²) < 4.78 is 28.4. The van der Waals surface area contributed by atoms with Gasteiger partial charge in [0.15, 0.2) is 9.84 Å². The molecule has 0 aliphatic carbocycles. The van der Waals surface area contributed by atoms with E-state index >= 15 is 0 Å². The number of ether oxygens (including phenoxy) is 1. The van der Waals surface area contributed by atoms with Gasteiger partial charge in [0.1, 0.15) is 5.75 Å². The normalized spacial score (nSPS) is 10.9. The lowest BCUT2D eigenvalue weighted by Crippen LogP contribution is -2.14. The lowest BCUT2D eigenvalue weighted by Gasteiger charge is -2.09. The Morgan fingerprint density at radius 1 is 0.767 bits per heavy atom. The molecule has 0 atom stereocenters. The Morgan fingerprint density at radius 2 is 1.30 bits per heavy atom. The van der Waals surface area contributed by atoms with Crippen LogP contribution in [0, 0.1) is 0 Å². The Hall–Kier alpha value is -3.65. The van der Waals surface area contributed by atoms with E-state index in [9.17, 15) is 18.0 Å². The van der Waals surface area contributed by atoms with Crippen LogP contribution in [0.1, 0.15) is 20.7 Å². The lowest BCUT2D eigenvalue weighted by atomic mass is 10.1. The number of sulfone groups is 1. The van der Waals surface area contributed by atoms with Crippen molar-refractivity contribution in [1.29, 1.82) is 0 Å². The zero-order valence-electron chi connectivity index (χ0n) is 16.4. The average Bonchev–Trinajstić information content (AvgIpc) is 2.74. The van der Waals surface area contributed by atoms with E-state index in [2.05, 4.69) is 10.6 Å². The fourth-order valence-corrected chi connectivity index (χ4v) is 3.33. The Labute approximate surface area is 174 Å². The van der Waals surface area contributed by atoms with Crippen molar-refractivity contribution >= 4 is 33.0 Å². The van der Waals surface area contributed by atoms with Gasteiger partial charge in [-0.1, -0.05) is 6.07 Å². The number of methoxy groups -OCH3 is 1. The van der Waals surface area contributed by atoms with Crippen LogP contribution >= 0.6 is 0 Å². The highest BCUT2D eigenvalue weighted by Gasteiger charge is 2.11. The minimum Gasteiger partial charge on any atom is -0.497 e. The van der Waals surface area contributed by atoms with Crippen LogP contribution in [0.4, 0.5) is 11.4 Å². The summed E-state index contributed by atoms with van der Waals surface area (Å²) >= 11 is 0. The third-order valence-corrected chi connectivity index (χ3v) is 5.39. The molecule has 0 spiro atoms. The molecule has 0 heterocycles. The first-order chi connectivity index (χ1) is 14.3. The van der Waals surface area contributed by atoms with Crippen molar-refractivity contribution < 1.29 is 22.7 Å². The molecule has 0 unspecified atom stereocenters. The summed E-state index contributed by atoms with van der Waals surface area (Å²) in [4.78, 5) is 24.9. The number of amides is 2. The molecule has 0 aromatic heterocycles. The SMILES string of the molecule is COc1ccc(C(=O)Nc2ccc(C(=O)Nc3cccc(S(C)(=O)=O)c3)cc2)cc1. The number of carbonyl (C=O) groups excluding carboxylic acids is 2. The van der Waals surface area contributed by atoms with Crippen LogP contribution in [0.25, 0.3) is 0 Å². The van der Waals surface area contributed by atoms with E-state index in [1.165, 1.54) is 12.1 Å². The van der Waals surface area contributed by atoms with Crippen LogP contribution in [0.15, 0.2) is 77.7 Å². The highest BCUT2D eigenvalue weighted by atomic mass is 32.2. The molecule has 0 saturated carbocycles. The summed E-state index contributed by atoms with van der Waals surface area (Å²) in [7, 11) is -1.82. The minimum absolute atomic E-state index is 0.122. The van der Waals surface area contributed by atoms with Crippen molar-refractivity contribution in [2.24, 2.45) is 0 Å². The first-order valence-corrected chi connectivity index (χ1v) is 10.8. The average molecular weight is 424 g/mol. The van der Waals surface area contributed by atoms with Crippen molar-refractivity contribution in [2.45, 2.75) is 4.90 Å². The number of nitrogens with one attached hydrogen (secondary N) is 2. The van der Waals surface area contributed by atoms with Gasteiger partial charge in [-0.05, 0) is 66.7 Å². The summed E-state index contributed by atoms with van der Waals surface area (Å²) in [6, 6.07) is 19.1. The van der Waals surface area contributed by atoms with Crippen LogP contribution in [0.2, 0.25) is 0 Å². The van der Waals surface area contributed by atoms with E-state index in [-0.39, 0.29) is 10.8 Å². The van der Waals surface area contributed by atoms with E-state index in [0.717, 1.165) is 6.26 Å². The van der Waals surface area contributed by atoms with Crippen LogP contribution < -0.4 is 15.4 Å². The molecule has 0 aliphatic heterocycles. The second-order valence-electron chi connectivity index (χ2n) is 6.51. The van der Waals surface area contributed by atoms with Crippen molar-refractivity contribution in [1.82, 2.24) is 0 Å². The Bertz CT molecular complexity index is 1170. The standard InChI is InChI=1S/C22H20N2O5S/c1-29-19-12-8-16(9-13-19)21(25)23-17-10-6-15(7-11-17)22(26)24-18-4-3-5-20(14-18)30(2,27)28/h3-14H,1-2H3,(H,23,25)(H,24,26). The molecular weight excluding hydrogens is 404 g/mol. The summed E-state index contributed by atoms with van der Waals surface area (Å²) in [5, 5.41) is 5.42. The van der Waals surface area contributed by atoms with Gasteiger partial charge in [-0.25, -0.2) is 8.42 Å². The highest BCUT2D eigenvalue weighted by molar-refractivity contribution is 7.90. The molecule has 3 aromatic rings. The summed E-state index contributed by atoms with van der Waals surface area (Å²) in [6.45, 7) is 0. The molecular formula is C22H20N2O5S. The first-order valence-electron chi connectivity index (χ1n) is 8.93. The molecule has 0 fully saturated rings. The third-order valence-electron chi connectivity index (χ3n) is 4.28. The van der Waals surface area contributed by atoms with Gasteiger partial charge in [0.25, 0.3) is 11.8 Å². The molecule has 0 bridgehead atoms. The molecule has 0 saturated heterocycles. The van der Waals surface area contributed by atoms with E-state index in [4.69, 9.17) is 4.74 Å². The van der Waals surface area contributed by atoms with Gasteiger partial charge in [-0.2, -0.15) is 0 Å². The molecule has 2 N–H and O–H groups in total. The van der Waals surface area contributed by atoms with Gasteiger partial charge in [-0.3, -0.25) is 9.59 Å². The summed E-state index contributed by atoms with van der Waals surface area (Å²) in [5.41, 5.74) is 1.75. The predicted octanol–water partition coefficient (Wildman–Crippen LogP) is 3.60. The predicted molar refractivity (Wildman–Crippen MR) is 115 cm³/mol. The van der Waals surface area contributed by atoms with Gasteiger partial charge in [0, 0.05) is 28.8 Å². The van der Waals surface area contributed by atoms with Gasteiger partial charge < -0.3 is 15.4 Å². The lowest BCUT2D eigenvalue weighted by molar-refractivity contribution is 0.102. The van der Waals surface area contributed by atoms with Crippen LogP contribution in [-0.2, 0) is 9.84 Å². The minimum atomic E-state index is -3.37. The van der Waals surface area contributed by atoms with Crippen LogP contribution in [0.3, 0.4) is 0 Å². The fourth-order valence-electron chi connectivity index (χ4n) is 2.66. The monoisotopic (exact) mass is 424 g/mol. The molecule has 154 valence electrons. The van der Waals surface area contributed by atoms with Crippen LogP contribution in [-0.4, -0.2) is 33.6 Å². The van der Waals surface area contributed by atoms with Crippen LogP contribution in [0.5, 0.6) is 5.75 Å². The van der Waals surface area contributed by atoms with E-state index in [1.54, 1.807) is 67.8 Å². The number of carbonyl (C=O) groups is 2. The smallest absolute Gasteiger partial charge is 0.255 e. The zero-order chi connectivity index (χ0) is 21.7. The third kappa shape index (κ3) is 5.24. The maximum Gasteiger partial charge on any atom is 0.255 e. The van der Waals surface area contributed by atoms with Gasteiger partial charge in [-0.15, -0.1) is 0 Å². The van der Waals surface area contributed by atoms with Crippen molar-refractivity contribution in [3.05, 3.63) is 83.9 Å². The number of hydrogen-bond donors (Lipinski definition) is 2. The summed E-state index contributed by atoms with van der Waals surface area (Å²) in [6.07, 6.45) is 1.10. The number of anilines is 2. The first kappa shape index (κ1) is 21.1. The molecule has 3 aromatic carbocycles. The zero-order valence-corrected chi connectivity index (χ0v) is 17.2. The second kappa shape index (κ2) is 8.79. The van der Waals surface area contributed by atoms with Gasteiger partial charge in [0.2, 0.25) is 0 Å². The molecule has 0 aliphatic rings. The Balaban J connectivity index is 1.66. The summed E-state index contributed by atoms with van der Waals surface area (Å²) in [5.74, 6) is -0.0230. The number of benzene rings is 3. The van der Waals surface area contributed by atoms with Crippen molar-refractivity contribution in [3.8, 4) is 5.75 Å². The maximum absolute atomic E-state index is 12.4. The van der Waals surface area contributed by atoms with E-state index < -0.39 is 15.7 Å². The highest BCUT2D eigenvalue weighted by Crippen LogP contribution is 2.18. The number of rotatable bonds is 6. The van der Waals surface area contributed by atoms with Gasteiger partial charge in [0.05, 0.1) is 12.0 Å². The Kier molecular flexibility index (Phi) is 6.17. The molecule has 3 rings (SSSR count). The fraction of sp³-hybridized carbons (Fsp3) is 0.0909. The molecule has 2 amide bonds. The molecule has 7 nitrogen and oxygen atoms in total. The molecule has 8 heteroatoms.